The normalized spacial score (nSPS) is 15.7. The monoisotopic (exact) mass is 451 g/mol. The number of benzene rings is 2. The Morgan fingerprint density at radius 2 is 1.88 bits per heavy atom. The van der Waals surface area contributed by atoms with Crippen LogP contribution in [0.5, 0.6) is 11.5 Å². The van der Waals surface area contributed by atoms with Gasteiger partial charge in [-0.1, -0.05) is 6.07 Å². The molecule has 1 unspecified atom stereocenters. The highest BCUT2D eigenvalue weighted by Gasteiger charge is 2.23. The van der Waals surface area contributed by atoms with Crippen LogP contribution < -0.4 is 20.3 Å². The highest BCUT2D eigenvalue weighted by Crippen LogP contribution is 2.33. The quantitative estimate of drug-likeness (QED) is 0.387. The summed E-state index contributed by atoms with van der Waals surface area (Å²) in [6, 6.07) is 12.1. The average molecular weight is 452 g/mol. The zero-order chi connectivity index (χ0) is 23.2. The van der Waals surface area contributed by atoms with E-state index < -0.39 is 6.23 Å². The number of aromatic amines is 1. The number of H-pyrrole nitrogens is 1. The number of hydroxylamine groups is 1. The van der Waals surface area contributed by atoms with Crippen LogP contribution in [0.2, 0.25) is 0 Å². The number of rotatable bonds is 11. The summed E-state index contributed by atoms with van der Waals surface area (Å²) in [6.45, 7) is 7.80. The van der Waals surface area contributed by atoms with Gasteiger partial charge in [0, 0.05) is 47.9 Å². The van der Waals surface area contributed by atoms with Crippen LogP contribution in [0.15, 0.2) is 47.6 Å². The summed E-state index contributed by atoms with van der Waals surface area (Å²) in [6.07, 6.45) is 1.61. The third-order valence-electron chi connectivity index (χ3n) is 5.46. The van der Waals surface area contributed by atoms with Gasteiger partial charge in [0.2, 0.25) is 6.23 Å². The molecule has 1 atom stereocenters. The van der Waals surface area contributed by atoms with Gasteiger partial charge in [0.25, 0.3) is 0 Å². The topological polar surface area (TPSA) is 83.1 Å². The molecule has 0 spiro atoms. The van der Waals surface area contributed by atoms with Crippen LogP contribution in [0.25, 0.3) is 10.9 Å². The van der Waals surface area contributed by atoms with Crippen LogP contribution in [-0.2, 0) is 11.4 Å². The van der Waals surface area contributed by atoms with Crippen molar-refractivity contribution in [2.45, 2.75) is 26.6 Å². The number of nitrogens with one attached hydrogen (secondary N) is 3. The molecule has 0 amide bonds. The summed E-state index contributed by atoms with van der Waals surface area (Å²) in [7, 11) is 4.16. The summed E-state index contributed by atoms with van der Waals surface area (Å²) in [4.78, 5) is 16.1. The molecule has 8 nitrogen and oxygen atoms in total. The first-order chi connectivity index (χ1) is 16.1. The Labute approximate surface area is 194 Å². The van der Waals surface area contributed by atoms with E-state index in [0.717, 1.165) is 42.0 Å². The van der Waals surface area contributed by atoms with Gasteiger partial charge < -0.3 is 24.7 Å². The lowest BCUT2D eigenvalue weighted by atomic mass is 10.1. The zero-order valence-corrected chi connectivity index (χ0v) is 19.8. The Kier molecular flexibility index (Phi) is 7.49. The van der Waals surface area contributed by atoms with Gasteiger partial charge in [-0.25, -0.2) is 15.3 Å². The molecule has 1 aromatic heterocycles. The van der Waals surface area contributed by atoms with E-state index >= 15 is 0 Å². The molecule has 0 aliphatic carbocycles. The molecular formula is C25H33N5O3. The minimum absolute atomic E-state index is 0.455. The van der Waals surface area contributed by atoms with Crippen LogP contribution in [-0.4, -0.2) is 56.1 Å². The van der Waals surface area contributed by atoms with Crippen molar-refractivity contribution in [3.8, 4) is 11.5 Å². The molecule has 3 N–H and O–H groups in total. The van der Waals surface area contributed by atoms with Gasteiger partial charge in [-0.2, -0.15) is 0 Å². The Bertz CT molecular complexity index is 1110. The maximum Gasteiger partial charge on any atom is 0.202 e. The van der Waals surface area contributed by atoms with Crippen LogP contribution >= 0.6 is 0 Å². The summed E-state index contributed by atoms with van der Waals surface area (Å²) in [5.74, 6) is 2.13. The third kappa shape index (κ3) is 5.47. The maximum absolute atomic E-state index is 5.79. The predicted molar refractivity (Wildman–Crippen MR) is 131 cm³/mol. The minimum atomic E-state index is -0.455. The molecule has 8 heteroatoms. The van der Waals surface area contributed by atoms with Crippen LogP contribution in [0.1, 0.15) is 36.8 Å². The fourth-order valence-corrected chi connectivity index (χ4v) is 3.78. The highest BCUT2D eigenvalue weighted by molar-refractivity contribution is 6.02. The van der Waals surface area contributed by atoms with Crippen molar-refractivity contribution in [1.82, 2.24) is 20.7 Å². The van der Waals surface area contributed by atoms with Gasteiger partial charge in [-0.05, 0) is 63.8 Å². The van der Waals surface area contributed by atoms with E-state index in [2.05, 4.69) is 53.1 Å². The lowest BCUT2D eigenvalue weighted by Crippen LogP contribution is -2.26. The summed E-state index contributed by atoms with van der Waals surface area (Å²) in [5, 5.41) is 4.68. The smallest absolute Gasteiger partial charge is 0.202 e. The third-order valence-corrected chi connectivity index (χ3v) is 5.46. The number of fused-ring (bicyclic) bond motifs is 1. The summed E-state index contributed by atoms with van der Waals surface area (Å²) >= 11 is 0. The molecular weight excluding hydrogens is 418 g/mol. The molecule has 0 saturated carbocycles. The Morgan fingerprint density at radius 3 is 2.67 bits per heavy atom. The second-order valence-corrected chi connectivity index (χ2v) is 8.18. The molecule has 0 bridgehead atoms. The molecule has 0 radical (unpaired) electrons. The van der Waals surface area contributed by atoms with Crippen molar-refractivity contribution in [1.29, 1.82) is 0 Å². The molecule has 176 valence electrons. The number of nitrogens with zero attached hydrogens (tertiary/aromatic N) is 2. The molecule has 0 saturated heterocycles. The number of hydrogen-bond acceptors (Lipinski definition) is 7. The van der Waals surface area contributed by atoms with Crippen LogP contribution in [0.3, 0.4) is 0 Å². The molecule has 2 heterocycles. The van der Waals surface area contributed by atoms with Crippen molar-refractivity contribution >= 4 is 16.7 Å². The largest absolute Gasteiger partial charge is 0.490 e. The average Bonchev–Trinajstić information content (AvgIpc) is 3.45. The molecule has 3 aromatic rings. The van der Waals surface area contributed by atoms with E-state index in [1.165, 1.54) is 10.9 Å². The van der Waals surface area contributed by atoms with Crippen molar-refractivity contribution in [3.05, 3.63) is 59.3 Å². The maximum atomic E-state index is 5.79. The summed E-state index contributed by atoms with van der Waals surface area (Å²) < 4.78 is 11.4. The molecule has 33 heavy (non-hydrogen) atoms. The van der Waals surface area contributed by atoms with Crippen LogP contribution in [0.4, 0.5) is 0 Å². The van der Waals surface area contributed by atoms with Crippen LogP contribution in [0, 0.1) is 0 Å². The first kappa shape index (κ1) is 23.1. The fraction of sp³-hybridized carbons (Fsp3) is 0.400. The molecule has 2 aromatic carbocycles. The molecule has 1 aliphatic heterocycles. The Morgan fingerprint density at radius 1 is 1.06 bits per heavy atom. The molecule has 1 aliphatic rings. The second kappa shape index (κ2) is 10.7. The number of aromatic nitrogens is 1. The lowest BCUT2D eigenvalue weighted by Gasteiger charge is -2.13. The number of aliphatic imine (C=N–C) groups is 1. The first-order valence-electron chi connectivity index (χ1n) is 11.4. The van der Waals surface area contributed by atoms with Gasteiger partial charge in [0.15, 0.2) is 17.3 Å². The van der Waals surface area contributed by atoms with Gasteiger partial charge >= 0.3 is 0 Å². The number of amidine groups is 1. The number of ether oxygens (including phenoxy) is 2. The number of hydrogen-bond donors (Lipinski definition) is 3. The second-order valence-electron chi connectivity index (χ2n) is 8.18. The Balaban J connectivity index is 1.52. The molecule has 4 rings (SSSR count). The van der Waals surface area contributed by atoms with E-state index in [9.17, 15) is 0 Å². The van der Waals surface area contributed by atoms with Gasteiger partial charge in [-0.3, -0.25) is 0 Å². The van der Waals surface area contributed by atoms with Crippen molar-refractivity contribution in [2.75, 3.05) is 40.4 Å². The summed E-state index contributed by atoms with van der Waals surface area (Å²) in [5.41, 5.74) is 7.22. The molecule has 0 fully saturated rings. The SMILES string of the molecule is CCOc1ccc(C2N=C(c3ccc4[nH]cc(CNCCN(C)C)c4c3)NO2)cc1OCC. The fourth-order valence-electron chi connectivity index (χ4n) is 3.78. The van der Waals surface area contributed by atoms with Crippen molar-refractivity contribution in [2.24, 2.45) is 4.99 Å². The van der Waals surface area contributed by atoms with Crippen molar-refractivity contribution in [3.63, 3.8) is 0 Å². The first-order valence-corrected chi connectivity index (χ1v) is 11.4. The van der Waals surface area contributed by atoms with E-state index in [1.807, 2.05) is 38.1 Å². The lowest BCUT2D eigenvalue weighted by molar-refractivity contribution is 0.0375. The standard InChI is InChI=1S/C25H33N5O3/c1-5-31-22-10-8-18(14-23(22)32-6-2)25-28-24(29-33-25)17-7-9-21-20(13-17)19(16-27-21)15-26-11-12-30(3)4/h7-10,13-14,16,25-27H,5-6,11-12,15H2,1-4H3,(H,28,29). The van der Waals surface area contributed by atoms with E-state index in [1.54, 1.807) is 0 Å². The van der Waals surface area contributed by atoms with E-state index in [-0.39, 0.29) is 0 Å². The zero-order valence-electron chi connectivity index (χ0n) is 19.8. The van der Waals surface area contributed by atoms with Gasteiger partial charge in [-0.15, -0.1) is 0 Å². The Hall–Kier alpha value is -3.07. The minimum Gasteiger partial charge on any atom is -0.490 e. The van der Waals surface area contributed by atoms with E-state index in [4.69, 9.17) is 19.3 Å². The predicted octanol–water partition coefficient (Wildman–Crippen LogP) is 3.60. The van der Waals surface area contributed by atoms with Gasteiger partial charge in [0.1, 0.15) is 0 Å². The van der Waals surface area contributed by atoms with Crippen molar-refractivity contribution < 1.29 is 14.3 Å². The highest BCUT2D eigenvalue weighted by atomic mass is 16.7. The van der Waals surface area contributed by atoms with Gasteiger partial charge in [0.05, 0.1) is 13.2 Å². The number of likely N-dealkylation sites (N-methyl/N-ethyl adjacent to an activating group) is 1. The van der Waals surface area contributed by atoms with E-state index in [0.29, 0.717) is 24.8 Å².